The second kappa shape index (κ2) is 4.51. The molecule has 0 atom stereocenters. The van der Waals surface area contributed by atoms with Crippen molar-refractivity contribution >= 4 is 34.3 Å². The highest BCUT2D eigenvalue weighted by Crippen LogP contribution is 2.45. The van der Waals surface area contributed by atoms with Crippen molar-refractivity contribution in [1.29, 1.82) is 0 Å². The van der Waals surface area contributed by atoms with E-state index in [2.05, 4.69) is 36.1 Å². The predicted octanol–water partition coefficient (Wildman–Crippen LogP) is 2.86. The quantitative estimate of drug-likeness (QED) is 0.691. The van der Waals surface area contributed by atoms with Gasteiger partial charge in [0, 0.05) is 10.4 Å². The van der Waals surface area contributed by atoms with E-state index in [9.17, 15) is 0 Å². The van der Waals surface area contributed by atoms with E-state index < -0.39 is 6.09 Å². The Bertz CT molecular complexity index is 554. The van der Waals surface area contributed by atoms with Gasteiger partial charge < -0.3 is 10.8 Å². The number of hydrogen-bond acceptors (Lipinski definition) is 2. The Balaban J connectivity index is 0.000000239. The topological polar surface area (TPSA) is 63.3 Å². The lowest BCUT2D eigenvalue weighted by atomic mass is 9.75. The third kappa shape index (κ3) is 2.12. The molecular weight excluding hydrogens is 234 g/mol. The molecule has 2 aliphatic rings. The van der Waals surface area contributed by atoms with E-state index in [-0.39, 0.29) is 0 Å². The average molecular weight is 245 g/mol. The normalized spacial score (nSPS) is 15.2. The fourth-order valence-corrected chi connectivity index (χ4v) is 2.39. The molecule has 1 amide bonds. The minimum absolute atomic E-state index is 1.000. The summed E-state index contributed by atoms with van der Waals surface area (Å²) in [4.78, 5) is 9.78. The second-order valence-corrected chi connectivity index (χ2v) is 4.15. The molecule has 2 aliphatic carbocycles. The van der Waals surface area contributed by atoms with Crippen LogP contribution in [0.1, 0.15) is 17.5 Å². The van der Waals surface area contributed by atoms with Crippen LogP contribution in [0.5, 0.6) is 0 Å². The molecule has 0 heterocycles. The van der Waals surface area contributed by atoms with Crippen LogP contribution >= 0.6 is 12.2 Å². The molecule has 0 saturated heterocycles. The van der Waals surface area contributed by atoms with E-state index in [1.54, 1.807) is 0 Å². The second-order valence-electron chi connectivity index (χ2n) is 3.71. The molecule has 4 heteroatoms. The van der Waals surface area contributed by atoms with E-state index >= 15 is 0 Å². The monoisotopic (exact) mass is 245 g/mol. The van der Waals surface area contributed by atoms with Crippen molar-refractivity contribution in [3.05, 3.63) is 47.5 Å². The summed E-state index contributed by atoms with van der Waals surface area (Å²) in [6, 6.07) is 8.49. The molecule has 0 radical (unpaired) electrons. The zero-order chi connectivity index (χ0) is 12.4. The Kier molecular flexibility index (Phi) is 3.06. The number of fused-ring (bicyclic) bond motifs is 3. The maximum Gasteiger partial charge on any atom is 0.402 e. The molecule has 0 fully saturated rings. The van der Waals surface area contributed by atoms with Gasteiger partial charge in [0.05, 0.1) is 0 Å². The highest BCUT2D eigenvalue weighted by molar-refractivity contribution is 7.81. The Morgan fingerprint density at radius 1 is 1.29 bits per heavy atom. The molecule has 0 spiro atoms. The summed E-state index contributed by atoms with van der Waals surface area (Å²) in [7, 11) is 0. The van der Waals surface area contributed by atoms with Crippen molar-refractivity contribution in [2.75, 3.05) is 0 Å². The summed E-state index contributed by atoms with van der Waals surface area (Å²) < 4.78 is 0. The van der Waals surface area contributed by atoms with Crippen LogP contribution in [0.3, 0.4) is 0 Å². The number of nitrogens with two attached hydrogens (primary N) is 1. The van der Waals surface area contributed by atoms with E-state index in [0.717, 1.165) is 11.3 Å². The van der Waals surface area contributed by atoms with Gasteiger partial charge in [-0.25, -0.2) is 4.79 Å². The fraction of sp³-hybridized carbons (Fsp3) is 0.0769. The Labute approximate surface area is 104 Å². The molecule has 0 saturated carbocycles. The number of thiocarbonyl (C=S) groups is 1. The number of allylic oxidation sites excluding steroid dienone is 4. The smallest absolute Gasteiger partial charge is 0.402 e. The molecule has 0 unspecified atom stereocenters. The van der Waals surface area contributed by atoms with Crippen LogP contribution in [-0.4, -0.2) is 16.1 Å². The van der Waals surface area contributed by atoms with Crippen LogP contribution in [0.25, 0.3) is 11.1 Å². The highest BCUT2D eigenvalue weighted by Gasteiger charge is 2.27. The molecule has 86 valence electrons. The molecule has 3 N–H and O–H groups in total. The average Bonchev–Trinajstić information content (AvgIpc) is 2.24. The van der Waals surface area contributed by atoms with Crippen LogP contribution in [0, 0.1) is 0 Å². The number of primary amides is 1. The van der Waals surface area contributed by atoms with Crippen molar-refractivity contribution in [3.8, 4) is 0 Å². The first-order chi connectivity index (χ1) is 8.11. The maximum absolute atomic E-state index is 8.78. The maximum atomic E-state index is 8.78. The van der Waals surface area contributed by atoms with E-state index in [1.165, 1.54) is 22.3 Å². The number of hydrogen-bond donors (Lipinski definition) is 2. The first-order valence-electron chi connectivity index (χ1n) is 5.13. The third-order valence-corrected chi connectivity index (χ3v) is 3.00. The van der Waals surface area contributed by atoms with Gasteiger partial charge in [0.1, 0.15) is 0 Å². The van der Waals surface area contributed by atoms with Gasteiger partial charge in [-0.2, -0.15) is 0 Å². The minimum Gasteiger partial charge on any atom is -0.465 e. The first-order valence-corrected chi connectivity index (χ1v) is 5.54. The van der Waals surface area contributed by atoms with Gasteiger partial charge in [0.15, 0.2) is 0 Å². The zero-order valence-corrected chi connectivity index (χ0v) is 9.83. The number of benzene rings is 1. The predicted molar refractivity (Wildman–Crippen MR) is 71.8 cm³/mol. The Hall–Kier alpha value is -1.94. The van der Waals surface area contributed by atoms with Gasteiger partial charge in [-0.05, 0) is 29.2 Å². The standard InChI is InChI=1S/C12H8S.CH3NO2/c13-11-7-3-6-10-8-4-1-2-5-9(8)12(10)11;2-1(3)4/h1-5,7H,6H2;2H2,(H,3,4). The Morgan fingerprint density at radius 2 is 1.88 bits per heavy atom. The summed E-state index contributed by atoms with van der Waals surface area (Å²) >= 11 is 5.29. The molecule has 17 heavy (non-hydrogen) atoms. The molecule has 0 aliphatic heterocycles. The van der Waals surface area contributed by atoms with Crippen LogP contribution in [-0.2, 0) is 0 Å². The van der Waals surface area contributed by atoms with Crippen molar-refractivity contribution in [3.63, 3.8) is 0 Å². The number of carbonyl (C=O) groups is 1. The molecule has 0 bridgehead atoms. The van der Waals surface area contributed by atoms with E-state index in [0.29, 0.717) is 0 Å². The van der Waals surface area contributed by atoms with E-state index in [4.69, 9.17) is 22.1 Å². The van der Waals surface area contributed by atoms with Gasteiger partial charge in [0.25, 0.3) is 0 Å². The van der Waals surface area contributed by atoms with Gasteiger partial charge in [-0.1, -0.05) is 42.6 Å². The van der Waals surface area contributed by atoms with Gasteiger partial charge in [0.2, 0.25) is 0 Å². The molecule has 3 nitrogen and oxygen atoms in total. The van der Waals surface area contributed by atoms with Crippen molar-refractivity contribution in [2.24, 2.45) is 5.73 Å². The third-order valence-electron chi connectivity index (χ3n) is 2.66. The molecule has 1 aromatic rings. The Morgan fingerprint density at radius 3 is 2.53 bits per heavy atom. The zero-order valence-electron chi connectivity index (χ0n) is 9.01. The first kappa shape index (κ1) is 11.5. The van der Waals surface area contributed by atoms with Crippen LogP contribution in [0.2, 0.25) is 0 Å². The number of amides is 1. The van der Waals surface area contributed by atoms with Crippen LogP contribution in [0.4, 0.5) is 4.79 Å². The van der Waals surface area contributed by atoms with E-state index in [1.807, 2.05) is 6.08 Å². The lowest BCUT2D eigenvalue weighted by molar-refractivity contribution is 0.205. The minimum atomic E-state index is -1.33. The van der Waals surface area contributed by atoms with Crippen molar-refractivity contribution in [2.45, 2.75) is 6.42 Å². The summed E-state index contributed by atoms with van der Waals surface area (Å²) in [5, 5.41) is 7.19. The van der Waals surface area contributed by atoms with Gasteiger partial charge in [-0.3, -0.25) is 0 Å². The SMILES string of the molecule is NC(=O)O.S=C1C=CCC2=C1c1ccccc12. The van der Waals surface area contributed by atoms with Crippen molar-refractivity contribution < 1.29 is 9.90 Å². The molecule has 3 rings (SSSR count). The highest BCUT2D eigenvalue weighted by atomic mass is 32.1. The molecule has 0 aromatic heterocycles. The summed E-state index contributed by atoms with van der Waals surface area (Å²) in [5.41, 5.74) is 9.51. The number of rotatable bonds is 0. The van der Waals surface area contributed by atoms with Crippen molar-refractivity contribution in [1.82, 2.24) is 0 Å². The molecular formula is C13H11NO2S. The number of carboxylic acid groups (broad SMARTS) is 1. The largest absolute Gasteiger partial charge is 0.465 e. The summed E-state index contributed by atoms with van der Waals surface area (Å²) in [6.45, 7) is 0. The summed E-state index contributed by atoms with van der Waals surface area (Å²) in [5.74, 6) is 0. The lowest BCUT2D eigenvalue weighted by Crippen LogP contribution is -2.14. The molecule has 1 aromatic carbocycles. The summed E-state index contributed by atoms with van der Waals surface area (Å²) in [6.07, 6.45) is 3.91. The fourth-order valence-electron chi connectivity index (χ4n) is 2.06. The van der Waals surface area contributed by atoms with Gasteiger partial charge in [-0.15, -0.1) is 0 Å². The lowest BCUT2D eigenvalue weighted by Gasteiger charge is -2.29. The van der Waals surface area contributed by atoms with Gasteiger partial charge >= 0.3 is 6.09 Å². The van der Waals surface area contributed by atoms with Crippen LogP contribution in [0.15, 0.2) is 36.4 Å². The van der Waals surface area contributed by atoms with Crippen LogP contribution < -0.4 is 5.73 Å².